The van der Waals surface area contributed by atoms with Crippen LogP contribution in [0.25, 0.3) is 0 Å². The number of hydrogen-bond acceptors (Lipinski definition) is 3. The fourth-order valence-electron chi connectivity index (χ4n) is 1.03. The molecule has 0 rings (SSSR count). The van der Waals surface area contributed by atoms with Gasteiger partial charge in [-0.15, -0.1) is 0 Å². The molecule has 0 fully saturated rings. The van der Waals surface area contributed by atoms with Crippen molar-refractivity contribution in [2.45, 2.75) is 25.6 Å². The lowest BCUT2D eigenvalue weighted by molar-refractivity contribution is -0.147. The van der Waals surface area contributed by atoms with Crippen LogP contribution in [0, 0.1) is 0 Å². The summed E-state index contributed by atoms with van der Waals surface area (Å²) in [6.07, 6.45) is -4.60. The van der Waals surface area contributed by atoms with Gasteiger partial charge in [0.25, 0.3) is 0 Å². The van der Waals surface area contributed by atoms with Gasteiger partial charge in [-0.2, -0.15) is 13.2 Å². The molecular formula is C8H16F3NO2. The zero-order valence-corrected chi connectivity index (χ0v) is 8.09. The van der Waals surface area contributed by atoms with Gasteiger partial charge in [0.15, 0.2) is 0 Å². The van der Waals surface area contributed by atoms with Crippen LogP contribution in [0.3, 0.4) is 0 Å². The average molecular weight is 215 g/mol. The van der Waals surface area contributed by atoms with E-state index in [-0.39, 0.29) is 26.1 Å². The highest BCUT2D eigenvalue weighted by atomic mass is 19.4. The van der Waals surface area contributed by atoms with Crippen molar-refractivity contribution in [3.05, 3.63) is 0 Å². The Morgan fingerprint density at radius 2 is 1.86 bits per heavy atom. The van der Waals surface area contributed by atoms with Crippen molar-refractivity contribution in [2.75, 3.05) is 26.2 Å². The molecule has 0 aliphatic rings. The second-order valence-corrected chi connectivity index (χ2v) is 3.25. The Morgan fingerprint density at radius 1 is 1.29 bits per heavy atom. The van der Waals surface area contributed by atoms with Gasteiger partial charge in [-0.25, -0.2) is 0 Å². The van der Waals surface area contributed by atoms with Crippen molar-refractivity contribution in [3.8, 4) is 0 Å². The summed E-state index contributed by atoms with van der Waals surface area (Å²) in [5.41, 5.74) is 0. The minimum absolute atomic E-state index is 0.0216. The Morgan fingerprint density at radius 3 is 2.21 bits per heavy atom. The molecule has 0 saturated carbocycles. The number of aliphatic hydroxyl groups excluding tert-OH is 2. The van der Waals surface area contributed by atoms with Crippen molar-refractivity contribution >= 4 is 0 Å². The van der Waals surface area contributed by atoms with Crippen LogP contribution >= 0.6 is 0 Å². The van der Waals surface area contributed by atoms with Crippen LogP contribution in [0.5, 0.6) is 0 Å². The first-order valence-corrected chi connectivity index (χ1v) is 4.43. The standard InChI is InChI=1S/C8H16F3NO2/c1-7(14)2-3-12(4-5-13)6-8(9,10)11/h7,13-14H,2-6H2,1H3. The quantitative estimate of drug-likeness (QED) is 0.682. The number of alkyl halides is 3. The van der Waals surface area contributed by atoms with E-state index in [9.17, 15) is 13.2 Å². The molecule has 86 valence electrons. The smallest absolute Gasteiger partial charge is 0.395 e. The molecular weight excluding hydrogens is 199 g/mol. The van der Waals surface area contributed by atoms with Gasteiger partial charge < -0.3 is 10.2 Å². The Balaban J connectivity index is 3.89. The Bertz CT molecular complexity index is 150. The lowest BCUT2D eigenvalue weighted by Crippen LogP contribution is -2.37. The summed E-state index contributed by atoms with van der Waals surface area (Å²) in [4.78, 5) is 1.08. The van der Waals surface area contributed by atoms with Crippen LogP contribution < -0.4 is 0 Å². The van der Waals surface area contributed by atoms with Gasteiger partial charge in [0.05, 0.1) is 19.3 Å². The van der Waals surface area contributed by atoms with Gasteiger partial charge in [0.1, 0.15) is 0 Å². The van der Waals surface area contributed by atoms with Crippen LogP contribution in [0.2, 0.25) is 0 Å². The third-order valence-electron chi connectivity index (χ3n) is 1.68. The van der Waals surface area contributed by atoms with Gasteiger partial charge in [-0.05, 0) is 13.3 Å². The molecule has 2 N–H and O–H groups in total. The van der Waals surface area contributed by atoms with Crippen molar-refractivity contribution in [1.82, 2.24) is 4.90 Å². The van der Waals surface area contributed by atoms with E-state index in [1.165, 1.54) is 6.92 Å². The van der Waals surface area contributed by atoms with Crippen molar-refractivity contribution in [2.24, 2.45) is 0 Å². The first kappa shape index (κ1) is 13.7. The lowest BCUT2D eigenvalue weighted by atomic mass is 10.2. The Kier molecular flexibility index (Phi) is 6.06. The molecule has 3 nitrogen and oxygen atoms in total. The minimum Gasteiger partial charge on any atom is -0.395 e. The maximum absolute atomic E-state index is 12.0. The molecule has 0 aromatic rings. The van der Waals surface area contributed by atoms with E-state index in [0.717, 1.165) is 4.90 Å². The first-order chi connectivity index (χ1) is 6.35. The molecule has 0 aromatic carbocycles. The molecule has 0 amide bonds. The molecule has 0 aliphatic carbocycles. The summed E-state index contributed by atoms with van der Waals surface area (Å²) in [5, 5.41) is 17.4. The summed E-state index contributed by atoms with van der Waals surface area (Å²) in [7, 11) is 0. The number of hydrogen-bond donors (Lipinski definition) is 2. The van der Waals surface area contributed by atoms with Crippen LogP contribution in [-0.4, -0.2) is 53.6 Å². The van der Waals surface area contributed by atoms with Crippen LogP contribution in [0.4, 0.5) is 13.2 Å². The number of halogens is 3. The third kappa shape index (κ3) is 8.28. The molecule has 1 unspecified atom stereocenters. The highest BCUT2D eigenvalue weighted by Crippen LogP contribution is 2.16. The maximum Gasteiger partial charge on any atom is 0.401 e. The zero-order chi connectivity index (χ0) is 11.2. The van der Waals surface area contributed by atoms with Crippen LogP contribution in [-0.2, 0) is 0 Å². The molecule has 0 radical (unpaired) electrons. The molecule has 0 saturated heterocycles. The highest BCUT2D eigenvalue weighted by molar-refractivity contribution is 4.64. The van der Waals surface area contributed by atoms with E-state index in [1.54, 1.807) is 0 Å². The summed E-state index contributed by atoms with van der Waals surface area (Å²) >= 11 is 0. The SMILES string of the molecule is CC(O)CCN(CCO)CC(F)(F)F. The molecule has 0 aliphatic heterocycles. The predicted molar refractivity (Wildman–Crippen MR) is 45.9 cm³/mol. The van der Waals surface area contributed by atoms with Crippen LogP contribution in [0.1, 0.15) is 13.3 Å². The van der Waals surface area contributed by atoms with E-state index in [4.69, 9.17) is 10.2 Å². The van der Waals surface area contributed by atoms with Gasteiger partial charge in [-0.1, -0.05) is 0 Å². The monoisotopic (exact) mass is 215 g/mol. The Hall–Kier alpha value is -0.330. The van der Waals surface area contributed by atoms with Gasteiger partial charge in [0, 0.05) is 13.1 Å². The molecule has 0 heterocycles. The lowest BCUT2D eigenvalue weighted by Gasteiger charge is -2.23. The second-order valence-electron chi connectivity index (χ2n) is 3.25. The van der Waals surface area contributed by atoms with Crippen molar-refractivity contribution < 1.29 is 23.4 Å². The zero-order valence-electron chi connectivity index (χ0n) is 8.09. The summed E-state index contributed by atoms with van der Waals surface area (Å²) < 4.78 is 35.9. The van der Waals surface area contributed by atoms with E-state index in [0.29, 0.717) is 0 Å². The number of aliphatic hydroxyl groups is 2. The molecule has 14 heavy (non-hydrogen) atoms. The highest BCUT2D eigenvalue weighted by Gasteiger charge is 2.30. The summed E-state index contributed by atoms with van der Waals surface area (Å²) in [6.45, 7) is 0.283. The molecule has 0 aromatic heterocycles. The minimum atomic E-state index is -4.26. The third-order valence-corrected chi connectivity index (χ3v) is 1.68. The second kappa shape index (κ2) is 6.21. The molecule has 0 bridgehead atoms. The van der Waals surface area contributed by atoms with Gasteiger partial charge in [-0.3, -0.25) is 4.90 Å². The summed E-state index contributed by atoms with van der Waals surface area (Å²) in [5.74, 6) is 0. The fourth-order valence-corrected chi connectivity index (χ4v) is 1.03. The van der Waals surface area contributed by atoms with Crippen LogP contribution in [0.15, 0.2) is 0 Å². The van der Waals surface area contributed by atoms with Crippen molar-refractivity contribution in [3.63, 3.8) is 0 Å². The van der Waals surface area contributed by atoms with Crippen molar-refractivity contribution in [1.29, 1.82) is 0 Å². The predicted octanol–water partition coefficient (Wildman–Crippen LogP) is 0.614. The number of nitrogens with zero attached hydrogens (tertiary/aromatic N) is 1. The maximum atomic E-state index is 12.0. The topological polar surface area (TPSA) is 43.7 Å². The largest absolute Gasteiger partial charge is 0.401 e. The molecule has 6 heteroatoms. The number of rotatable bonds is 6. The Labute approximate surface area is 81.1 Å². The normalized spacial score (nSPS) is 14.8. The van der Waals surface area contributed by atoms with E-state index < -0.39 is 18.8 Å². The average Bonchev–Trinajstić information content (AvgIpc) is 1.98. The van der Waals surface area contributed by atoms with E-state index >= 15 is 0 Å². The molecule has 1 atom stereocenters. The summed E-state index contributed by atoms with van der Waals surface area (Å²) in [6, 6.07) is 0. The van der Waals surface area contributed by atoms with Gasteiger partial charge in [0.2, 0.25) is 0 Å². The fraction of sp³-hybridized carbons (Fsp3) is 1.00. The van der Waals surface area contributed by atoms with Gasteiger partial charge >= 0.3 is 6.18 Å². The van der Waals surface area contributed by atoms with E-state index in [2.05, 4.69) is 0 Å². The molecule has 0 spiro atoms. The first-order valence-electron chi connectivity index (χ1n) is 4.43. The van der Waals surface area contributed by atoms with E-state index in [1.807, 2.05) is 0 Å².